The molecule has 0 aliphatic heterocycles. The van der Waals surface area contributed by atoms with Crippen molar-refractivity contribution in [3.8, 4) is 0 Å². The Balaban J connectivity index is 5.19. The van der Waals surface area contributed by atoms with E-state index in [-0.39, 0.29) is 0 Å². The lowest BCUT2D eigenvalue weighted by Crippen LogP contribution is -2.60. The summed E-state index contributed by atoms with van der Waals surface area (Å²) in [5, 5.41) is 22.1. The van der Waals surface area contributed by atoms with E-state index in [4.69, 9.17) is 19.7 Å². The van der Waals surface area contributed by atoms with Crippen LogP contribution in [0.3, 0.4) is 0 Å². The molecule has 0 rings (SSSR count). The normalized spacial score (nSPS) is 14.1. The number of alkyl carbamates (subject to hydrolysis) is 2. The Hall–Kier alpha value is -2.52. The Morgan fingerprint density at radius 2 is 0.958 bits per heavy atom. The Morgan fingerprint density at radius 3 is 1.12 bits per heavy atom. The molecule has 0 spiro atoms. The number of carbonyl (C=O) groups excluding carboxylic acids is 2. The number of ether oxygens (including phenoxy) is 2. The lowest BCUT2D eigenvalue weighted by Gasteiger charge is -2.26. The fourth-order valence-corrected chi connectivity index (χ4v) is 1.44. The maximum absolute atomic E-state index is 11.7. The molecule has 24 heavy (non-hydrogen) atoms. The Labute approximate surface area is 139 Å². The van der Waals surface area contributed by atoms with Gasteiger partial charge in [0.25, 0.3) is 0 Å². The average molecular weight is 348 g/mol. The minimum atomic E-state index is -1.95. The van der Waals surface area contributed by atoms with Crippen molar-refractivity contribution in [3.63, 3.8) is 0 Å². The monoisotopic (exact) mass is 348 g/mol. The van der Waals surface area contributed by atoms with Crippen molar-refractivity contribution in [1.82, 2.24) is 10.6 Å². The van der Waals surface area contributed by atoms with Crippen molar-refractivity contribution < 1.29 is 38.9 Å². The van der Waals surface area contributed by atoms with E-state index < -0.39 is 47.4 Å². The molecule has 0 saturated carbocycles. The number of aliphatic carboxylic acids is 2. The lowest BCUT2D eigenvalue weighted by atomic mass is 10.1. The smallest absolute Gasteiger partial charge is 0.408 e. The lowest BCUT2D eigenvalue weighted by molar-refractivity contribution is -0.148. The summed E-state index contributed by atoms with van der Waals surface area (Å²) >= 11 is 0. The van der Waals surface area contributed by atoms with Crippen molar-refractivity contribution in [2.24, 2.45) is 0 Å². The van der Waals surface area contributed by atoms with Gasteiger partial charge >= 0.3 is 24.1 Å². The maximum atomic E-state index is 11.7. The van der Waals surface area contributed by atoms with Crippen LogP contribution in [0.5, 0.6) is 0 Å². The first-order valence-corrected chi connectivity index (χ1v) is 7.07. The molecule has 0 unspecified atom stereocenters. The number of carboxylic acids is 2. The minimum Gasteiger partial charge on any atom is -0.480 e. The highest BCUT2D eigenvalue weighted by atomic mass is 16.6. The molecule has 10 heteroatoms. The minimum absolute atomic E-state index is 0.912. The fraction of sp³-hybridized carbons (Fsp3) is 0.714. The maximum Gasteiger partial charge on any atom is 0.408 e. The molecular formula is C14H24N2O8. The number of nitrogens with one attached hydrogen (secondary N) is 2. The molecule has 0 aliphatic carbocycles. The van der Waals surface area contributed by atoms with Crippen LogP contribution in [0.4, 0.5) is 9.59 Å². The standard InChI is InChI=1S/C14H24N2O8/c1-13(2,3)23-11(21)15-7(9(17)18)8(10(19)20)16-12(22)24-14(4,5)6/h7-8H,1-6H3,(H,15,21)(H,16,22)(H,17,18)(H,19,20)/t7-,8+. The molecule has 0 radical (unpaired) electrons. The molecule has 2 atom stereocenters. The number of amides is 2. The van der Waals surface area contributed by atoms with Crippen LogP contribution in [0, 0.1) is 0 Å². The topological polar surface area (TPSA) is 151 Å². The molecular weight excluding hydrogens is 324 g/mol. The SMILES string of the molecule is CC(C)(C)OC(=O)N[C@H](C(=O)O)[C@@H](NC(=O)OC(C)(C)C)C(=O)O. The summed E-state index contributed by atoms with van der Waals surface area (Å²) in [7, 11) is 0. The second kappa shape index (κ2) is 7.84. The van der Waals surface area contributed by atoms with Gasteiger partial charge in [-0.1, -0.05) is 0 Å². The van der Waals surface area contributed by atoms with Gasteiger partial charge in [-0.05, 0) is 41.5 Å². The second-order valence-corrected chi connectivity index (χ2v) is 6.92. The van der Waals surface area contributed by atoms with Crippen molar-refractivity contribution in [1.29, 1.82) is 0 Å². The summed E-state index contributed by atoms with van der Waals surface area (Å²) in [5.74, 6) is -3.33. The van der Waals surface area contributed by atoms with Gasteiger partial charge in [0.05, 0.1) is 0 Å². The molecule has 2 amide bonds. The van der Waals surface area contributed by atoms with E-state index in [9.17, 15) is 19.2 Å². The largest absolute Gasteiger partial charge is 0.480 e. The zero-order valence-electron chi connectivity index (χ0n) is 14.5. The van der Waals surface area contributed by atoms with Crippen LogP contribution in [-0.2, 0) is 19.1 Å². The number of hydrogen-bond acceptors (Lipinski definition) is 6. The highest BCUT2D eigenvalue weighted by molar-refractivity contribution is 5.90. The first kappa shape index (κ1) is 21.5. The van der Waals surface area contributed by atoms with E-state index >= 15 is 0 Å². The van der Waals surface area contributed by atoms with Crippen molar-refractivity contribution in [2.45, 2.75) is 64.8 Å². The zero-order valence-corrected chi connectivity index (χ0v) is 14.5. The highest BCUT2D eigenvalue weighted by Gasteiger charge is 2.38. The summed E-state index contributed by atoms with van der Waals surface area (Å²) in [6.45, 7) is 9.31. The van der Waals surface area contributed by atoms with Crippen LogP contribution >= 0.6 is 0 Å². The van der Waals surface area contributed by atoms with Crippen LogP contribution in [0.2, 0.25) is 0 Å². The average Bonchev–Trinajstić information content (AvgIpc) is 2.28. The van der Waals surface area contributed by atoms with Crippen molar-refractivity contribution in [2.75, 3.05) is 0 Å². The predicted molar refractivity (Wildman–Crippen MR) is 81.6 cm³/mol. The molecule has 0 heterocycles. The molecule has 0 aromatic heterocycles. The van der Waals surface area contributed by atoms with Crippen molar-refractivity contribution in [3.05, 3.63) is 0 Å². The van der Waals surface area contributed by atoms with E-state index in [1.54, 1.807) is 41.5 Å². The van der Waals surface area contributed by atoms with Gasteiger partial charge in [-0.3, -0.25) is 0 Å². The van der Waals surface area contributed by atoms with Crippen molar-refractivity contribution >= 4 is 24.1 Å². The van der Waals surface area contributed by atoms with E-state index in [1.807, 2.05) is 10.6 Å². The summed E-state index contributed by atoms with van der Waals surface area (Å²) in [6, 6.07) is -3.91. The van der Waals surface area contributed by atoms with Gasteiger partial charge in [0.2, 0.25) is 0 Å². The Morgan fingerprint density at radius 1 is 0.708 bits per heavy atom. The van der Waals surface area contributed by atoms with E-state index in [0.717, 1.165) is 0 Å². The van der Waals surface area contributed by atoms with Crippen LogP contribution in [0.25, 0.3) is 0 Å². The number of rotatable bonds is 5. The number of carboxylic acid groups (broad SMARTS) is 2. The zero-order chi connectivity index (χ0) is 19.3. The summed E-state index contributed by atoms with van der Waals surface area (Å²) in [6.07, 6.45) is -2.26. The number of carbonyl (C=O) groups is 4. The van der Waals surface area contributed by atoms with Gasteiger partial charge in [-0.15, -0.1) is 0 Å². The van der Waals surface area contributed by atoms with E-state index in [2.05, 4.69) is 0 Å². The molecule has 0 bridgehead atoms. The quantitative estimate of drug-likeness (QED) is 0.573. The van der Waals surface area contributed by atoms with Gasteiger partial charge in [0.15, 0.2) is 12.1 Å². The molecule has 0 aliphatic rings. The first-order valence-electron chi connectivity index (χ1n) is 7.07. The summed E-state index contributed by atoms with van der Waals surface area (Å²) in [5.41, 5.74) is -1.82. The van der Waals surface area contributed by atoms with Crippen LogP contribution in [-0.4, -0.2) is 57.6 Å². The predicted octanol–water partition coefficient (Wildman–Crippen LogP) is 0.942. The molecule has 0 aromatic carbocycles. The molecule has 138 valence electrons. The third-order valence-electron chi connectivity index (χ3n) is 2.21. The molecule has 4 N–H and O–H groups in total. The summed E-state index contributed by atoms with van der Waals surface area (Å²) in [4.78, 5) is 45.9. The van der Waals surface area contributed by atoms with E-state index in [0.29, 0.717) is 0 Å². The van der Waals surface area contributed by atoms with Gasteiger partial charge in [-0.2, -0.15) is 0 Å². The third-order valence-corrected chi connectivity index (χ3v) is 2.21. The number of hydrogen-bond donors (Lipinski definition) is 4. The highest BCUT2D eigenvalue weighted by Crippen LogP contribution is 2.09. The van der Waals surface area contributed by atoms with Gasteiger partial charge < -0.3 is 30.3 Å². The summed E-state index contributed by atoms with van der Waals surface area (Å²) < 4.78 is 9.77. The Kier molecular flexibility index (Phi) is 7.02. The molecule has 0 fully saturated rings. The molecule has 0 saturated heterocycles. The molecule has 10 nitrogen and oxygen atoms in total. The van der Waals surface area contributed by atoms with Gasteiger partial charge in [0, 0.05) is 0 Å². The Bertz CT molecular complexity index is 458. The van der Waals surface area contributed by atoms with Gasteiger partial charge in [0.1, 0.15) is 11.2 Å². The van der Waals surface area contributed by atoms with Crippen LogP contribution in [0.1, 0.15) is 41.5 Å². The van der Waals surface area contributed by atoms with E-state index in [1.165, 1.54) is 0 Å². The van der Waals surface area contributed by atoms with Crippen LogP contribution in [0.15, 0.2) is 0 Å². The first-order chi connectivity index (χ1) is 10.6. The van der Waals surface area contributed by atoms with Gasteiger partial charge in [-0.25, -0.2) is 19.2 Å². The fourth-order valence-electron chi connectivity index (χ4n) is 1.44. The molecule has 0 aromatic rings. The third kappa shape index (κ3) is 8.81. The second-order valence-electron chi connectivity index (χ2n) is 6.92. The van der Waals surface area contributed by atoms with Crippen LogP contribution < -0.4 is 10.6 Å².